The van der Waals surface area contributed by atoms with Crippen molar-refractivity contribution >= 4 is 35.2 Å². The zero-order valence-corrected chi connectivity index (χ0v) is 17.7. The molecule has 0 bridgehead atoms. The second-order valence-electron chi connectivity index (χ2n) is 6.62. The van der Waals surface area contributed by atoms with Gasteiger partial charge in [0.05, 0.1) is 11.4 Å². The lowest BCUT2D eigenvalue weighted by Gasteiger charge is -2.34. The summed E-state index contributed by atoms with van der Waals surface area (Å²) in [5.74, 6) is 1.21. The third-order valence-corrected chi connectivity index (χ3v) is 5.83. The molecule has 4 rings (SSSR count). The minimum absolute atomic E-state index is 0.0227. The van der Waals surface area contributed by atoms with Crippen LogP contribution in [0.4, 0.5) is 5.88 Å². The van der Waals surface area contributed by atoms with Crippen LogP contribution in [0.5, 0.6) is 0 Å². The van der Waals surface area contributed by atoms with Crippen LogP contribution in [-0.4, -0.2) is 62.5 Å². The zero-order chi connectivity index (χ0) is 21.1. The second-order valence-corrected chi connectivity index (χ2v) is 8.00. The molecule has 3 heterocycles. The molecule has 11 heteroatoms. The van der Waals surface area contributed by atoms with E-state index >= 15 is 0 Å². The number of benzene rings is 1. The van der Waals surface area contributed by atoms with Crippen molar-refractivity contribution in [3.05, 3.63) is 47.2 Å². The second kappa shape index (κ2) is 8.77. The number of rotatable bonds is 5. The summed E-state index contributed by atoms with van der Waals surface area (Å²) in [5.41, 5.74) is 1.12. The molecule has 0 radical (unpaired) electrons. The van der Waals surface area contributed by atoms with E-state index in [0.717, 1.165) is 5.69 Å². The molecule has 0 aliphatic carbocycles. The average Bonchev–Trinajstić information content (AvgIpc) is 3.38. The summed E-state index contributed by atoms with van der Waals surface area (Å²) in [7, 11) is 0. The van der Waals surface area contributed by atoms with Crippen molar-refractivity contribution in [1.82, 2.24) is 24.6 Å². The summed E-state index contributed by atoms with van der Waals surface area (Å²) in [6.07, 6.45) is 1.60. The predicted octanol–water partition coefficient (Wildman–Crippen LogP) is 2.53. The molecule has 1 fully saturated rings. The molecular weight excluding hydrogens is 426 g/mol. The van der Waals surface area contributed by atoms with Crippen LogP contribution in [0.15, 0.2) is 40.2 Å². The van der Waals surface area contributed by atoms with E-state index in [-0.39, 0.29) is 17.4 Å². The molecule has 0 spiro atoms. The largest absolute Gasteiger partial charge is 0.424 e. The number of hydrogen-bond acceptors (Lipinski definition) is 8. The lowest BCUT2D eigenvalue weighted by Crippen LogP contribution is -2.49. The fraction of sp³-hybridized carbons (Fsp3) is 0.316. The third-order valence-electron chi connectivity index (χ3n) is 4.67. The van der Waals surface area contributed by atoms with Crippen molar-refractivity contribution < 1.29 is 9.21 Å². The molecule has 3 aromatic rings. The van der Waals surface area contributed by atoms with E-state index in [4.69, 9.17) is 16.0 Å². The van der Waals surface area contributed by atoms with E-state index < -0.39 is 0 Å². The Kier molecular flexibility index (Phi) is 5.92. The van der Waals surface area contributed by atoms with E-state index in [1.165, 1.54) is 11.8 Å². The van der Waals surface area contributed by atoms with Crippen molar-refractivity contribution in [3.8, 4) is 11.8 Å². The highest BCUT2D eigenvalue weighted by atomic mass is 35.5. The quantitative estimate of drug-likeness (QED) is 0.554. The Bertz CT molecular complexity index is 1100. The van der Waals surface area contributed by atoms with Crippen molar-refractivity contribution in [2.45, 2.75) is 12.1 Å². The highest BCUT2D eigenvalue weighted by molar-refractivity contribution is 7.99. The topological polar surface area (TPSA) is 104 Å². The smallest absolute Gasteiger partial charge is 0.234 e. The first-order valence-electron chi connectivity index (χ1n) is 9.24. The number of anilines is 1. The molecule has 1 aliphatic rings. The van der Waals surface area contributed by atoms with Crippen molar-refractivity contribution in [2.24, 2.45) is 0 Å². The fourth-order valence-electron chi connectivity index (χ4n) is 3.21. The Morgan fingerprint density at radius 2 is 2.13 bits per heavy atom. The van der Waals surface area contributed by atoms with Gasteiger partial charge in [0.1, 0.15) is 12.4 Å². The normalized spacial score (nSPS) is 14.0. The Morgan fingerprint density at radius 1 is 1.33 bits per heavy atom. The number of nitriles is 1. The fourth-order valence-corrected chi connectivity index (χ4v) is 4.22. The first kappa shape index (κ1) is 20.3. The molecule has 1 saturated heterocycles. The van der Waals surface area contributed by atoms with Gasteiger partial charge in [0.15, 0.2) is 11.0 Å². The van der Waals surface area contributed by atoms with Crippen LogP contribution >= 0.6 is 23.4 Å². The van der Waals surface area contributed by atoms with Crippen LogP contribution in [0.1, 0.15) is 11.6 Å². The summed E-state index contributed by atoms with van der Waals surface area (Å²) in [6, 6.07) is 9.42. The summed E-state index contributed by atoms with van der Waals surface area (Å²) >= 11 is 7.40. The average molecular weight is 444 g/mol. The maximum absolute atomic E-state index is 12.7. The van der Waals surface area contributed by atoms with E-state index in [9.17, 15) is 10.1 Å². The van der Waals surface area contributed by atoms with Gasteiger partial charge in [-0.3, -0.25) is 9.36 Å². The molecule has 0 atom stereocenters. The predicted molar refractivity (Wildman–Crippen MR) is 112 cm³/mol. The molecule has 1 amide bonds. The highest BCUT2D eigenvalue weighted by Crippen LogP contribution is 2.24. The van der Waals surface area contributed by atoms with Gasteiger partial charge in [-0.2, -0.15) is 5.26 Å². The van der Waals surface area contributed by atoms with Gasteiger partial charge in [-0.15, -0.1) is 10.2 Å². The molecule has 154 valence electrons. The molecule has 30 heavy (non-hydrogen) atoms. The van der Waals surface area contributed by atoms with Crippen molar-refractivity contribution in [2.75, 3.05) is 36.8 Å². The Labute approximate surface area is 182 Å². The maximum atomic E-state index is 12.7. The van der Waals surface area contributed by atoms with Gasteiger partial charge in [0.25, 0.3) is 0 Å². The standard InChI is InChI=1S/C19H18ClN7O2S/c1-13-23-16(10-21)18(29-13)26-7-5-25(6-8-26)17(28)11-30-19-24-22-12-27(19)15-4-2-3-14(20)9-15/h2-4,9,12H,5-8,11H2,1H3. The first-order chi connectivity index (χ1) is 14.5. The van der Waals surface area contributed by atoms with Crippen molar-refractivity contribution in [1.29, 1.82) is 5.26 Å². The number of oxazole rings is 1. The molecule has 0 saturated carbocycles. The number of carbonyl (C=O) groups is 1. The minimum Gasteiger partial charge on any atom is -0.424 e. The van der Waals surface area contributed by atoms with Gasteiger partial charge < -0.3 is 14.2 Å². The van der Waals surface area contributed by atoms with E-state index in [2.05, 4.69) is 21.3 Å². The number of aromatic nitrogens is 4. The number of piperazine rings is 1. The Hall–Kier alpha value is -3.03. The summed E-state index contributed by atoms with van der Waals surface area (Å²) < 4.78 is 7.36. The van der Waals surface area contributed by atoms with Crippen LogP contribution < -0.4 is 4.90 Å². The molecule has 2 aromatic heterocycles. The van der Waals surface area contributed by atoms with E-state index in [1.807, 2.05) is 23.1 Å². The molecule has 0 unspecified atom stereocenters. The molecular formula is C19H18ClN7O2S. The minimum atomic E-state index is 0.0227. The summed E-state index contributed by atoms with van der Waals surface area (Å²) in [4.78, 5) is 20.5. The van der Waals surface area contributed by atoms with Crippen LogP contribution in [0.2, 0.25) is 5.02 Å². The Balaban J connectivity index is 1.34. The van der Waals surface area contributed by atoms with Crippen LogP contribution in [0, 0.1) is 18.3 Å². The van der Waals surface area contributed by atoms with Gasteiger partial charge in [-0.25, -0.2) is 4.98 Å². The van der Waals surface area contributed by atoms with Crippen LogP contribution in [0.25, 0.3) is 5.69 Å². The number of amides is 1. The Morgan fingerprint density at radius 3 is 2.87 bits per heavy atom. The zero-order valence-electron chi connectivity index (χ0n) is 16.2. The highest BCUT2D eigenvalue weighted by Gasteiger charge is 2.26. The number of carbonyl (C=O) groups excluding carboxylic acids is 1. The molecule has 1 aliphatic heterocycles. The number of nitrogens with zero attached hydrogens (tertiary/aromatic N) is 7. The third kappa shape index (κ3) is 4.27. The molecule has 1 aromatic carbocycles. The van der Waals surface area contributed by atoms with Gasteiger partial charge in [-0.1, -0.05) is 29.4 Å². The van der Waals surface area contributed by atoms with Gasteiger partial charge in [0.2, 0.25) is 17.5 Å². The number of thioether (sulfide) groups is 1. The van der Waals surface area contributed by atoms with Gasteiger partial charge in [0, 0.05) is 38.1 Å². The maximum Gasteiger partial charge on any atom is 0.234 e. The van der Waals surface area contributed by atoms with Crippen LogP contribution in [0.3, 0.4) is 0 Å². The summed E-state index contributed by atoms with van der Waals surface area (Å²) in [5, 5.41) is 18.5. The van der Waals surface area contributed by atoms with E-state index in [0.29, 0.717) is 48.1 Å². The SMILES string of the molecule is Cc1nc(C#N)c(N2CCN(C(=O)CSc3nncn3-c3cccc(Cl)c3)CC2)o1. The monoisotopic (exact) mass is 443 g/mol. The van der Waals surface area contributed by atoms with Crippen LogP contribution in [-0.2, 0) is 4.79 Å². The lowest BCUT2D eigenvalue weighted by molar-refractivity contribution is -0.128. The van der Waals surface area contributed by atoms with Gasteiger partial charge in [-0.05, 0) is 18.2 Å². The first-order valence-corrected chi connectivity index (χ1v) is 10.6. The summed E-state index contributed by atoms with van der Waals surface area (Å²) in [6.45, 7) is 3.97. The molecule has 9 nitrogen and oxygen atoms in total. The molecule has 0 N–H and O–H groups in total. The number of hydrogen-bond donors (Lipinski definition) is 0. The van der Waals surface area contributed by atoms with Crippen molar-refractivity contribution in [3.63, 3.8) is 0 Å². The van der Waals surface area contributed by atoms with E-state index in [1.54, 1.807) is 28.8 Å². The number of halogens is 1. The number of aryl methyl sites for hydroxylation is 1. The lowest BCUT2D eigenvalue weighted by atomic mass is 10.3. The van der Waals surface area contributed by atoms with Gasteiger partial charge >= 0.3 is 0 Å².